The van der Waals surface area contributed by atoms with E-state index >= 15 is 0 Å². The molecule has 3 unspecified atom stereocenters. The van der Waals surface area contributed by atoms with Crippen LogP contribution in [0.3, 0.4) is 0 Å². The van der Waals surface area contributed by atoms with Crippen molar-refractivity contribution in [2.75, 3.05) is 19.8 Å². The lowest BCUT2D eigenvalue weighted by molar-refractivity contribution is -0.152. The number of likely N-dealkylation sites (tertiary alicyclic amines) is 1. The summed E-state index contributed by atoms with van der Waals surface area (Å²) in [5, 5.41) is 9.68. The standard InChI is InChI=1S/C14H25NO3/c1-3-6-14(13(16)17)7-4-8-15(14)11(2)12-5-9-18-10-12/h11-12H,3-10H2,1-2H3,(H,16,17). The molecule has 2 heterocycles. The van der Waals surface area contributed by atoms with Crippen molar-refractivity contribution in [3.63, 3.8) is 0 Å². The molecule has 104 valence electrons. The van der Waals surface area contributed by atoms with Crippen LogP contribution in [-0.4, -0.2) is 47.3 Å². The van der Waals surface area contributed by atoms with E-state index in [1.807, 2.05) is 0 Å². The first-order valence-corrected chi connectivity index (χ1v) is 7.19. The van der Waals surface area contributed by atoms with Gasteiger partial charge >= 0.3 is 5.97 Å². The summed E-state index contributed by atoms with van der Waals surface area (Å²) in [4.78, 5) is 14.0. The molecule has 0 spiro atoms. The monoisotopic (exact) mass is 255 g/mol. The van der Waals surface area contributed by atoms with Crippen LogP contribution in [0.15, 0.2) is 0 Å². The minimum Gasteiger partial charge on any atom is -0.480 e. The predicted molar refractivity (Wildman–Crippen MR) is 69.6 cm³/mol. The van der Waals surface area contributed by atoms with E-state index in [1.54, 1.807) is 0 Å². The van der Waals surface area contributed by atoms with E-state index in [9.17, 15) is 9.90 Å². The normalized spacial score (nSPS) is 34.9. The molecule has 1 N–H and O–H groups in total. The Hall–Kier alpha value is -0.610. The van der Waals surface area contributed by atoms with Crippen LogP contribution < -0.4 is 0 Å². The zero-order valence-electron chi connectivity index (χ0n) is 11.5. The molecule has 0 radical (unpaired) electrons. The molecule has 2 aliphatic rings. The second-order valence-corrected chi connectivity index (χ2v) is 5.75. The number of nitrogens with zero attached hydrogens (tertiary/aromatic N) is 1. The third-order valence-electron chi connectivity index (χ3n) is 4.74. The number of aliphatic carboxylic acids is 1. The van der Waals surface area contributed by atoms with Crippen molar-refractivity contribution in [3.8, 4) is 0 Å². The predicted octanol–water partition coefficient (Wildman–Crippen LogP) is 2.13. The van der Waals surface area contributed by atoms with E-state index in [0.717, 1.165) is 51.9 Å². The van der Waals surface area contributed by atoms with Gasteiger partial charge in [0.25, 0.3) is 0 Å². The third kappa shape index (κ3) is 2.28. The van der Waals surface area contributed by atoms with Gasteiger partial charge in [-0.15, -0.1) is 0 Å². The average molecular weight is 255 g/mol. The Morgan fingerprint density at radius 2 is 2.39 bits per heavy atom. The molecule has 0 amide bonds. The lowest BCUT2D eigenvalue weighted by Crippen LogP contribution is -2.55. The lowest BCUT2D eigenvalue weighted by Gasteiger charge is -2.40. The number of carbonyl (C=O) groups is 1. The topological polar surface area (TPSA) is 49.8 Å². The SMILES string of the molecule is CCCC1(C(=O)O)CCCN1C(C)C1CCOC1. The van der Waals surface area contributed by atoms with Gasteiger partial charge in [-0.05, 0) is 45.1 Å². The molecule has 4 heteroatoms. The molecule has 0 aromatic carbocycles. The molecular weight excluding hydrogens is 230 g/mol. The fourth-order valence-corrected chi connectivity index (χ4v) is 3.70. The van der Waals surface area contributed by atoms with Gasteiger partial charge in [-0.1, -0.05) is 13.3 Å². The van der Waals surface area contributed by atoms with Crippen LogP contribution >= 0.6 is 0 Å². The Morgan fingerprint density at radius 1 is 1.61 bits per heavy atom. The van der Waals surface area contributed by atoms with Gasteiger partial charge in [0.05, 0.1) is 6.61 Å². The van der Waals surface area contributed by atoms with Gasteiger partial charge in [0.2, 0.25) is 0 Å². The van der Waals surface area contributed by atoms with Crippen molar-refractivity contribution in [1.29, 1.82) is 0 Å². The minimum atomic E-state index is -0.632. The number of hydrogen-bond donors (Lipinski definition) is 1. The van der Waals surface area contributed by atoms with Gasteiger partial charge in [0.1, 0.15) is 5.54 Å². The van der Waals surface area contributed by atoms with Crippen molar-refractivity contribution in [2.24, 2.45) is 5.92 Å². The maximum Gasteiger partial charge on any atom is 0.324 e. The first-order valence-electron chi connectivity index (χ1n) is 7.19. The lowest BCUT2D eigenvalue weighted by atomic mass is 9.87. The first-order chi connectivity index (χ1) is 8.62. The van der Waals surface area contributed by atoms with Gasteiger partial charge in [0, 0.05) is 12.6 Å². The molecule has 0 bridgehead atoms. The zero-order chi connectivity index (χ0) is 13.2. The van der Waals surface area contributed by atoms with Crippen LogP contribution in [0.4, 0.5) is 0 Å². The Kier molecular flexibility index (Phi) is 4.28. The van der Waals surface area contributed by atoms with E-state index in [2.05, 4.69) is 18.7 Å². The van der Waals surface area contributed by atoms with E-state index < -0.39 is 11.5 Å². The molecule has 18 heavy (non-hydrogen) atoms. The summed E-state index contributed by atoms with van der Waals surface area (Å²) >= 11 is 0. The number of hydrogen-bond acceptors (Lipinski definition) is 3. The summed E-state index contributed by atoms with van der Waals surface area (Å²) in [6.45, 7) is 6.79. The number of ether oxygens (including phenoxy) is 1. The molecule has 0 saturated carbocycles. The van der Waals surface area contributed by atoms with Gasteiger partial charge < -0.3 is 9.84 Å². The van der Waals surface area contributed by atoms with Crippen LogP contribution in [0.5, 0.6) is 0 Å². The minimum absolute atomic E-state index is 0.317. The summed E-state index contributed by atoms with van der Waals surface area (Å²) < 4.78 is 5.45. The summed E-state index contributed by atoms with van der Waals surface area (Å²) in [6, 6.07) is 0.317. The first kappa shape index (κ1) is 13.8. The van der Waals surface area contributed by atoms with E-state index in [4.69, 9.17) is 4.74 Å². The molecular formula is C14H25NO3. The molecule has 0 aliphatic carbocycles. The quantitative estimate of drug-likeness (QED) is 0.817. The molecule has 4 nitrogen and oxygen atoms in total. The largest absolute Gasteiger partial charge is 0.480 e. The van der Waals surface area contributed by atoms with Crippen molar-refractivity contribution in [3.05, 3.63) is 0 Å². The highest BCUT2D eigenvalue weighted by Crippen LogP contribution is 2.38. The number of carboxylic acid groups (broad SMARTS) is 1. The summed E-state index contributed by atoms with van der Waals surface area (Å²) in [5.74, 6) is -0.133. The Morgan fingerprint density at radius 3 is 2.94 bits per heavy atom. The average Bonchev–Trinajstić information content (AvgIpc) is 2.98. The van der Waals surface area contributed by atoms with Crippen LogP contribution in [0.25, 0.3) is 0 Å². The van der Waals surface area contributed by atoms with Gasteiger partial charge in [-0.2, -0.15) is 0 Å². The maximum absolute atomic E-state index is 11.8. The molecule has 3 atom stereocenters. The summed E-state index contributed by atoms with van der Waals surface area (Å²) in [5.41, 5.74) is -0.614. The second kappa shape index (κ2) is 5.57. The second-order valence-electron chi connectivity index (χ2n) is 5.75. The van der Waals surface area contributed by atoms with Crippen molar-refractivity contribution in [2.45, 2.75) is 57.5 Å². The Bertz CT molecular complexity index is 301. The van der Waals surface area contributed by atoms with Crippen LogP contribution in [-0.2, 0) is 9.53 Å². The maximum atomic E-state index is 11.8. The number of carboxylic acids is 1. The smallest absolute Gasteiger partial charge is 0.324 e. The van der Waals surface area contributed by atoms with E-state index in [0.29, 0.717) is 12.0 Å². The highest BCUT2D eigenvalue weighted by molar-refractivity contribution is 5.79. The van der Waals surface area contributed by atoms with E-state index in [1.165, 1.54) is 0 Å². The van der Waals surface area contributed by atoms with E-state index in [-0.39, 0.29) is 0 Å². The fraction of sp³-hybridized carbons (Fsp3) is 0.929. The fourth-order valence-electron chi connectivity index (χ4n) is 3.70. The summed E-state index contributed by atoms with van der Waals surface area (Å²) in [6.07, 6.45) is 4.56. The van der Waals surface area contributed by atoms with Gasteiger partial charge in [-0.25, -0.2) is 0 Å². The van der Waals surface area contributed by atoms with Crippen LogP contribution in [0.2, 0.25) is 0 Å². The Labute approximate surface area is 109 Å². The summed E-state index contributed by atoms with van der Waals surface area (Å²) in [7, 11) is 0. The number of rotatable bonds is 5. The van der Waals surface area contributed by atoms with Gasteiger partial charge in [-0.3, -0.25) is 9.69 Å². The van der Waals surface area contributed by atoms with Crippen LogP contribution in [0.1, 0.15) is 46.0 Å². The highest BCUT2D eigenvalue weighted by Gasteiger charge is 2.49. The van der Waals surface area contributed by atoms with Crippen molar-refractivity contribution >= 4 is 5.97 Å². The molecule has 0 aromatic heterocycles. The molecule has 2 rings (SSSR count). The van der Waals surface area contributed by atoms with Crippen molar-refractivity contribution < 1.29 is 14.6 Å². The molecule has 2 saturated heterocycles. The van der Waals surface area contributed by atoms with Crippen molar-refractivity contribution in [1.82, 2.24) is 4.90 Å². The third-order valence-corrected chi connectivity index (χ3v) is 4.74. The van der Waals surface area contributed by atoms with Crippen LogP contribution in [0, 0.1) is 5.92 Å². The van der Waals surface area contributed by atoms with Gasteiger partial charge in [0.15, 0.2) is 0 Å². The highest BCUT2D eigenvalue weighted by atomic mass is 16.5. The Balaban J connectivity index is 2.15. The molecule has 2 fully saturated rings. The molecule has 2 aliphatic heterocycles. The zero-order valence-corrected chi connectivity index (χ0v) is 11.5. The molecule has 0 aromatic rings.